The lowest BCUT2D eigenvalue weighted by Gasteiger charge is -2.07. The van der Waals surface area contributed by atoms with Crippen molar-refractivity contribution in [1.29, 1.82) is 0 Å². The fourth-order valence-electron chi connectivity index (χ4n) is 1.08. The highest BCUT2D eigenvalue weighted by Gasteiger charge is 2.19. The molecule has 1 aromatic carbocycles. The summed E-state index contributed by atoms with van der Waals surface area (Å²) in [6.07, 6.45) is 1.73. The van der Waals surface area contributed by atoms with E-state index in [1.807, 2.05) is 0 Å². The van der Waals surface area contributed by atoms with Crippen LogP contribution in [0.25, 0.3) is 0 Å². The fourth-order valence-corrected chi connectivity index (χ4v) is 1.68. The van der Waals surface area contributed by atoms with Crippen LogP contribution in [-0.4, -0.2) is 17.1 Å². The van der Waals surface area contributed by atoms with Gasteiger partial charge < -0.3 is 4.84 Å². The molecule has 0 saturated heterocycles. The molecule has 1 rings (SSSR count). The quantitative estimate of drug-likeness (QED) is 0.495. The Morgan fingerprint density at radius 3 is 2.75 bits per heavy atom. The summed E-state index contributed by atoms with van der Waals surface area (Å²) >= 11 is 1.25. The van der Waals surface area contributed by atoms with Gasteiger partial charge in [0.15, 0.2) is 5.69 Å². The monoisotopic (exact) mass is 242 g/mol. The Bertz CT molecular complexity index is 422. The van der Waals surface area contributed by atoms with E-state index in [1.165, 1.54) is 24.8 Å². The Hall–Kier alpha value is -1.76. The minimum atomic E-state index is -0.566. The Morgan fingerprint density at radius 2 is 2.25 bits per heavy atom. The van der Waals surface area contributed by atoms with Crippen molar-refractivity contribution in [3.8, 4) is 0 Å². The van der Waals surface area contributed by atoms with E-state index < -0.39 is 10.9 Å². The first kappa shape index (κ1) is 12.3. The zero-order valence-corrected chi connectivity index (χ0v) is 9.54. The second-order valence-electron chi connectivity index (χ2n) is 2.81. The number of para-hydroxylation sites is 1. The van der Waals surface area contributed by atoms with Crippen molar-refractivity contribution < 1.29 is 14.6 Å². The number of hydrogen-bond donors (Lipinski definition) is 1. The highest BCUT2D eigenvalue weighted by Crippen LogP contribution is 2.34. The number of hydrogen-bond acceptors (Lipinski definition) is 6. The second-order valence-corrected chi connectivity index (χ2v) is 3.66. The number of anilines is 1. The molecule has 0 saturated carbocycles. The molecule has 0 aliphatic rings. The van der Waals surface area contributed by atoms with Crippen molar-refractivity contribution in [2.75, 3.05) is 11.7 Å². The smallest absolute Gasteiger partial charge is 0.329 e. The number of rotatable bonds is 4. The van der Waals surface area contributed by atoms with Crippen LogP contribution in [0.4, 0.5) is 11.4 Å². The molecule has 7 heteroatoms. The summed E-state index contributed by atoms with van der Waals surface area (Å²) in [4.78, 5) is 26.0. The zero-order chi connectivity index (χ0) is 12.1. The molecule has 6 nitrogen and oxygen atoms in total. The van der Waals surface area contributed by atoms with Crippen molar-refractivity contribution in [3.05, 3.63) is 28.3 Å². The predicted octanol–water partition coefficient (Wildman–Crippen LogP) is 2.21. The van der Waals surface area contributed by atoms with Crippen LogP contribution >= 0.6 is 11.8 Å². The number of nitrogens with one attached hydrogen (secondary N) is 1. The van der Waals surface area contributed by atoms with E-state index in [0.717, 1.165) is 0 Å². The van der Waals surface area contributed by atoms with E-state index in [2.05, 4.69) is 10.3 Å². The van der Waals surface area contributed by atoms with Gasteiger partial charge in [0.25, 0.3) is 0 Å². The number of nitro groups is 1. The molecule has 1 aromatic rings. The lowest BCUT2D eigenvalue weighted by molar-refractivity contribution is -0.386. The number of carbonyl (C=O) groups excluding carboxylic acids is 1. The van der Waals surface area contributed by atoms with E-state index in [0.29, 0.717) is 4.90 Å². The van der Waals surface area contributed by atoms with Gasteiger partial charge in [-0.15, -0.1) is 11.8 Å². The van der Waals surface area contributed by atoms with E-state index in [1.54, 1.807) is 18.4 Å². The summed E-state index contributed by atoms with van der Waals surface area (Å²) < 4.78 is 0. The molecule has 0 bridgehead atoms. The minimum absolute atomic E-state index is 0.101. The lowest BCUT2D eigenvalue weighted by atomic mass is 10.3. The van der Waals surface area contributed by atoms with E-state index in [-0.39, 0.29) is 11.4 Å². The first-order chi connectivity index (χ1) is 7.56. The number of carbonyl (C=O) groups is 1. The Morgan fingerprint density at radius 1 is 1.56 bits per heavy atom. The number of thioether (sulfide) groups is 1. The molecule has 0 aromatic heterocycles. The van der Waals surface area contributed by atoms with Gasteiger partial charge in [0.05, 0.1) is 9.82 Å². The summed E-state index contributed by atoms with van der Waals surface area (Å²) in [5.74, 6) is -0.566. The molecule has 0 unspecified atom stereocenters. The molecule has 86 valence electrons. The summed E-state index contributed by atoms with van der Waals surface area (Å²) in [5.41, 5.74) is 2.32. The van der Waals surface area contributed by atoms with Crippen molar-refractivity contribution in [2.45, 2.75) is 11.8 Å². The van der Waals surface area contributed by atoms with Gasteiger partial charge in [-0.3, -0.25) is 14.9 Å². The molecule has 0 heterocycles. The van der Waals surface area contributed by atoms with Gasteiger partial charge in [0.1, 0.15) is 0 Å². The summed E-state index contributed by atoms with van der Waals surface area (Å²) in [6.45, 7) is 1.21. The summed E-state index contributed by atoms with van der Waals surface area (Å²) in [5, 5.41) is 10.9. The Balaban J connectivity index is 3.07. The average molecular weight is 242 g/mol. The largest absolute Gasteiger partial charge is 0.344 e. The fraction of sp³-hybridized carbons (Fsp3) is 0.222. The van der Waals surface area contributed by atoms with Crippen LogP contribution in [0.3, 0.4) is 0 Å². The number of nitrogens with zero attached hydrogens (tertiary/aromatic N) is 1. The standard InChI is InChI=1S/C9H10N2O4S/c1-6(12)15-10-7-4-3-5-8(16-2)9(7)11(13)14/h3-5,10H,1-2H3. The molecule has 0 radical (unpaired) electrons. The summed E-state index contributed by atoms with van der Waals surface area (Å²) in [7, 11) is 0. The molecule has 0 fully saturated rings. The SMILES string of the molecule is CSc1cccc(NOC(C)=O)c1[N+](=O)[O-]. The van der Waals surface area contributed by atoms with Crippen LogP contribution < -0.4 is 5.48 Å². The zero-order valence-electron chi connectivity index (χ0n) is 8.72. The van der Waals surface area contributed by atoms with Gasteiger partial charge in [-0.25, -0.2) is 5.48 Å². The van der Waals surface area contributed by atoms with Crippen LogP contribution in [-0.2, 0) is 9.63 Å². The predicted molar refractivity (Wildman–Crippen MR) is 60.3 cm³/mol. The normalized spacial score (nSPS) is 9.62. The van der Waals surface area contributed by atoms with Crippen molar-refractivity contribution in [1.82, 2.24) is 0 Å². The Kier molecular flexibility index (Phi) is 4.12. The maximum absolute atomic E-state index is 10.9. The second kappa shape index (κ2) is 5.36. The van der Waals surface area contributed by atoms with Crippen molar-refractivity contribution >= 4 is 29.1 Å². The van der Waals surface area contributed by atoms with Gasteiger partial charge in [-0.2, -0.15) is 0 Å². The van der Waals surface area contributed by atoms with Gasteiger partial charge >= 0.3 is 11.7 Å². The van der Waals surface area contributed by atoms with Crippen molar-refractivity contribution in [2.24, 2.45) is 0 Å². The minimum Gasteiger partial charge on any atom is -0.344 e. The van der Waals surface area contributed by atoms with Gasteiger partial charge in [-0.1, -0.05) is 6.07 Å². The third kappa shape index (κ3) is 2.86. The van der Waals surface area contributed by atoms with E-state index in [9.17, 15) is 14.9 Å². The van der Waals surface area contributed by atoms with Gasteiger partial charge in [0, 0.05) is 6.92 Å². The average Bonchev–Trinajstić information content (AvgIpc) is 2.25. The number of benzene rings is 1. The molecule has 0 aliphatic heterocycles. The van der Waals surface area contributed by atoms with Crippen LogP contribution in [0.15, 0.2) is 23.1 Å². The first-order valence-electron chi connectivity index (χ1n) is 4.31. The topological polar surface area (TPSA) is 81.5 Å². The molecule has 0 amide bonds. The molecule has 16 heavy (non-hydrogen) atoms. The van der Waals surface area contributed by atoms with Crippen LogP contribution in [0.2, 0.25) is 0 Å². The molecular formula is C9H10N2O4S. The first-order valence-corrected chi connectivity index (χ1v) is 5.53. The van der Waals surface area contributed by atoms with Gasteiger partial charge in [-0.05, 0) is 18.4 Å². The highest BCUT2D eigenvalue weighted by atomic mass is 32.2. The van der Waals surface area contributed by atoms with E-state index >= 15 is 0 Å². The lowest BCUT2D eigenvalue weighted by Crippen LogP contribution is -2.08. The number of nitro benzene ring substituents is 1. The summed E-state index contributed by atoms with van der Waals surface area (Å²) in [6, 6.07) is 4.74. The maximum atomic E-state index is 10.9. The third-order valence-electron chi connectivity index (χ3n) is 1.71. The molecule has 1 N–H and O–H groups in total. The maximum Gasteiger partial charge on any atom is 0.329 e. The van der Waals surface area contributed by atoms with E-state index in [4.69, 9.17) is 0 Å². The molecular weight excluding hydrogens is 232 g/mol. The van der Waals surface area contributed by atoms with Gasteiger partial charge in [0.2, 0.25) is 0 Å². The third-order valence-corrected chi connectivity index (χ3v) is 2.48. The van der Waals surface area contributed by atoms with Crippen molar-refractivity contribution in [3.63, 3.8) is 0 Å². The van der Waals surface area contributed by atoms with Crippen LogP contribution in [0, 0.1) is 10.1 Å². The highest BCUT2D eigenvalue weighted by molar-refractivity contribution is 7.98. The van der Waals surface area contributed by atoms with Crippen LogP contribution in [0.1, 0.15) is 6.92 Å². The molecule has 0 spiro atoms. The van der Waals surface area contributed by atoms with Crippen LogP contribution in [0.5, 0.6) is 0 Å². The molecule has 0 aliphatic carbocycles. The Labute approximate surface area is 96.1 Å². The molecule has 0 atom stereocenters.